The van der Waals surface area contributed by atoms with E-state index in [9.17, 15) is 14.4 Å². The van der Waals surface area contributed by atoms with Gasteiger partial charge in [0.05, 0.1) is 0 Å². The molecule has 2 N–H and O–H groups in total. The molecule has 0 atom stereocenters. The van der Waals surface area contributed by atoms with Gasteiger partial charge in [-0.1, -0.05) is 19.3 Å². The zero-order valence-corrected chi connectivity index (χ0v) is 14.7. The van der Waals surface area contributed by atoms with Crippen molar-refractivity contribution in [2.75, 3.05) is 33.7 Å². The van der Waals surface area contributed by atoms with E-state index in [1.54, 1.807) is 11.9 Å². The van der Waals surface area contributed by atoms with Gasteiger partial charge in [0.2, 0.25) is 5.91 Å². The lowest BCUT2D eigenvalue weighted by Gasteiger charge is -2.35. The Morgan fingerprint density at radius 1 is 1.17 bits per heavy atom. The van der Waals surface area contributed by atoms with Crippen molar-refractivity contribution in [3.05, 3.63) is 0 Å². The third-order valence-electron chi connectivity index (χ3n) is 4.71. The Kier molecular flexibility index (Phi) is 7.28. The molecule has 132 valence electrons. The number of halogens is 1. The van der Waals surface area contributed by atoms with Gasteiger partial charge in [0, 0.05) is 13.6 Å². The molecule has 0 aromatic heterocycles. The van der Waals surface area contributed by atoms with Gasteiger partial charge >= 0.3 is 6.03 Å². The zero-order chi connectivity index (χ0) is 16.2. The maximum Gasteiger partial charge on any atom is 0.327 e. The molecule has 0 radical (unpaired) electrons. The van der Waals surface area contributed by atoms with Crippen LogP contribution in [0.25, 0.3) is 0 Å². The molecular weight excluding hydrogens is 320 g/mol. The molecule has 1 aliphatic carbocycles. The van der Waals surface area contributed by atoms with Crippen molar-refractivity contribution < 1.29 is 14.4 Å². The van der Waals surface area contributed by atoms with E-state index in [1.165, 1.54) is 0 Å². The average Bonchev–Trinajstić information content (AvgIpc) is 2.69. The van der Waals surface area contributed by atoms with Gasteiger partial charge in [0.1, 0.15) is 12.1 Å². The minimum absolute atomic E-state index is 0. The van der Waals surface area contributed by atoms with Crippen LogP contribution in [0.15, 0.2) is 0 Å². The van der Waals surface area contributed by atoms with Crippen LogP contribution in [0.1, 0.15) is 38.5 Å². The lowest BCUT2D eigenvalue weighted by molar-refractivity contribution is -0.137. The van der Waals surface area contributed by atoms with E-state index < -0.39 is 5.54 Å². The van der Waals surface area contributed by atoms with Gasteiger partial charge < -0.3 is 15.5 Å². The minimum Gasteiger partial charge on any atom is -0.354 e. The molecule has 0 aromatic carbocycles. The topological polar surface area (TPSA) is 81.8 Å². The van der Waals surface area contributed by atoms with Crippen LogP contribution in [0.5, 0.6) is 0 Å². The first kappa shape index (κ1) is 19.7. The number of carbonyl (C=O) groups is 3. The average molecular weight is 347 g/mol. The predicted octanol–water partition coefficient (Wildman–Crippen LogP) is 0.731. The fraction of sp³-hybridized carbons (Fsp3) is 0.800. The number of urea groups is 1. The van der Waals surface area contributed by atoms with Crippen LogP contribution >= 0.6 is 12.4 Å². The smallest absolute Gasteiger partial charge is 0.327 e. The number of nitrogens with zero attached hydrogens (tertiary/aromatic N) is 2. The van der Waals surface area contributed by atoms with Crippen LogP contribution in [-0.4, -0.2) is 66.9 Å². The quantitative estimate of drug-likeness (QED) is 0.549. The van der Waals surface area contributed by atoms with Gasteiger partial charge in [-0.2, -0.15) is 0 Å². The monoisotopic (exact) mass is 346 g/mol. The standard InChI is InChI=1S/C15H26N4O3.ClH/c1-16-9-6-10-17-12(20)11-19-13(21)15(18(2)14(19)22)7-4-3-5-8-15;/h16H,3-11H2,1-2H3,(H,17,20);1H. The highest BCUT2D eigenvalue weighted by molar-refractivity contribution is 6.08. The second-order valence-electron chi connectivity index (χ2n) is 6.13. The molecule has 1 heterocycles. The van der Waals surface area contributed by atoms with Gasteiger partial charge in [0.15, 0.2) is 0 Å². The van der Waals surface area contributed by atoms with Crippen molar-refractivity contribution in [3.8, 4) is 0 Å². The van der Waals surface area contributed by atoms with Crippen molar-refractivity contribution in [1.29, 1.82) is 0 Å². The Balaban J connectivity index is 0.00000264. The van der Waals surface area contributed by atoms with Gasteiger partial charge in [-0.3, -0.25) is 14.5 Å². The van der Waals surface area contributed by atoms with E-state index in [0.29, 0.717) is 19.4 Å². The first-order valence-electron chi connectivity index (χ1n) is 8.04. The van der Waals surface area contributed by atoms with E-state index >= 15 is 0 Å². The molecule has 0 bridgehead atoms. The molecule has 23 heavy (non-hydrogen) atoms. The molecule has 8 heteroatoms. The maximum absolute atomic E-state index is 12.7. The molecule has 0 aromatic rings. The van der Waals surface area contributed by atoms with Crippen LogP contribution in [0.3, 0.4) is 0 Å². The number of nitrogens with one attached hydrogen (secondary N) is 2. The summed E-state index contributed by atoms with van der Waals surface area (Å²) in [5.74, 6) is -0.482. The van der Waals surface area contributed by atoms with Crippen molar-refractivity contribution in [2.24, 2.45) is 0 Å². The number of hydrogen-bond acceptors (Lipinski definition) is 4. The van der Waals surface area contributed by atoms with E-state index in [0.717, 1.165) is 37.1 Å². The summed E-state index contributed by atoms with van der Waals surface area (Å²) in [6.45, 7) is 1.17. The van der Waals surface area contributed by atoms with Crippen molar-refractivity contribution >= 4 is 30.3 Å². The fourth-order valence-corrected chi connectivity index (χ4v) is 3.36. The van der Waals surface area contributed by atoms with Gasteiger partial charge in [-0.15, -0.1) is 12.4 Å². The summed E-state index contributed by atoms with van der Waals surface area (Å²) in [6.07, 6.45) is 5.22. The Labute approximate surface area is 143 Å². The van der Waals surface area contributed by atoms with Crippen molar-refractivity contribution in [3.63, 3.8) is 0 Å². The molecule has 0 unspecified atom stereocenters. The van der Waals surface area contributed by atoms with Crippen molar-refractivity contribution in [2.45, 2.75) is 44.1 Å². The Hall–Kier alpha value is -1.34. The largest absolute Gasteiger partial charge is 0.354 e. The number of hydrogen-bond donors (Lipinski definition) is 2. The summed E-state index contributed by atoms with van der Waals surface area (Å²) in [7, 11) is 3.53. The minimum atomic E-state index is -0.707. The summed E-state index contributed by atoms with van der Waals surface area (Å²) < 4.78 is 0. The molecule has 1 spiro atoms. The normalized spacial score (nSPS) is 19.9. The molecule has 1 saturated heterocycles. The molecule has 2 fully saturated rings. The van der Waals surface area contributed by atoms with Gasteiger partial charge in [0.25, 0.3) is 5.91 Å². The highest BCUT2D eigenvalue weighted by Gasteiger charge is 2.55. The molecule has 2 rings (SSSR count). The number of carbonyl (C=O) groups excluding carboxylic acids is 3. The molecule has 7 nitrogen and oxygen atoms in total. The summed E-state index contributed by atoms with van der Waals surface area (Å²) in [5, 5.41) is 5.74. The highest BCUT2D eigenvalue weighted by Crippen LogP contribution is 2.39. The van der Waals surface area contributed by atoms with Gasteiger partial charge in [-0.05, 0) is 32.9 Å². The molecule has 4 amide bonds. The summed E-state index contributed by atoms with van der Waals surface area (Å²) in [4.78, 5) is 39.6. The van der Waals surface area contributed by atoms with Crippen LogP contribution in [-0.2, 0) is 9.59 Å². The third kappa shape index (κ3) is 3.95. The SMILES string of the molecule is CNCCCNC(=O)CN1C(=O)N(C)C2(CCCCC2)C1=O.Cl. The summed E-state index contributed by atoms with van der Waals surface area (Å²) >= 11 is 0. The highest BCUT2D eigenvalue weighted by atomic mass is 35.5. The van der Waals surface area contributed by atoms with Crippen LogP contribution in [0.4, 0.5) is 4.79 Å². The summed E-state index contributed by atoms with van der Waals surface area (Å²) in [5.41, 5.74) is -0.707. The second-order valence-corrected chi connectivity index (χ2v) is 6.13. The predicted molar refractivity (Wildman–Crippen MR) is 89.5 cm³/mol. The number of amides is 4. The van der Waals surface area contributed by atoms with E-state index in [-0.39, 0.29) is 36.8 Å². The number of rotatable bonds is 6. The van der Waals surface area contributed by atoms with Crippen LogP contribution in [0, 0.1) is 0 Å². The number of likely N-dealkylation sites (N-methyl/N-ethyl adjacent to an activating group) is 1. The molecular formula is C15H27ClN4O3. The van der Waals surface area contributed by atoms with Crippen LogP contribution in [0.2, 0.25) is 0 Å². The van der Waals surface area contributed by atoms with Crippen LogP contribution < -0.4 is 10.6 Å². The molecule has 2 aliphatic rings. The second kappa shape index (κ2) is 8.49. The Bertz CT molecular complexity index is 452. The summed E-state index contributed by atoms with van der Waals surface area (Å²) in [6, 6.07) is -0.350. The Morgan fingerprint density at radius 2 is 1.83 bits per heavy atom. The molecule has 1 saturated carbocycles. The lowest BCUT2D eigenvalue weighted by atomic mass is 9.81. The van der Waals surface area contributed by atoms with Gasteiger partial charge in [-0.25, -0.2) is 4.79 Å². The van der Waals surface area contributed by atoms with E-state index in [2.05, 4.69) is 10.6 Å². The number of imide groups is 1. The van der Waals surface area contributed by atoms with E-state index in [1.807, 2.05) is 7.05 Å². The zero-order valence-electron chi connectivity index (χ0n) is 13.9. The third-order valence-corrected chi connectivity index (χ3v) is 4.71. The first-order chi connectivity index (χ1) is 10.5. The lowest BCUT2D eigenvalue weighted by Crippen LogP contribution is -2.49. The van der Waals surface area contributed by atoms with Crippen molar-refractivity contribution in [1.82, 2.24) is 20.4 Å². The first-order valence-corrected chi connectivity index (χ1v) is 8.04. The van der Waals surface area contributed by atoms with E-state index in [4.69, 9.17) is 0 Å². The fourth-order valence-electron chi connectivity index (χ4n) is 3.36. The maximum atomic E-state index is 12.7. The Morgan fingerprint density at radius 3 is 2.43 bits per heavy atom. The molecule has 1 aliphatic heterocycles.